The van der Waals surface area contributed by atoms with Gasteiger partial charge in [0.2, 0.25) is 5.91 Å². The molecular weight excluding hydrogens is 310 g/mol. The van der Waals surface area contributed by atoms with E-state index < -0.39 is 11.9 Å². The van der Waals surface area contributed by atoms with Crippen LogP contribution in [0.3, 0.4) is 0 Å². The highest BCUT2D eigenvalue weighted by Crippen LogP contribution is 2.34. The molecule has 1 aromatic carbocycles. The second-order valence-corrected chi connectivity index (χ2v) is 5.69. The Bertz CT molecular complexity index is 515. The van der Waals surface area contributed by atoms with Crippen molar-refractivity contribution in [1.29, 1.82) is 0 Å². The summed E-state index contributed by atoms with van der Waals surface area (Å²) in [4.78, 5) is 22.8. The molecule has 1 aliphatic rings. The van der Waals surface area contributed by atoms with Crippen LogP contribution < -0.4 is 5.32 Å². The van der Waals surface area contributed by atoms with E-state index in [0.29, 0.717) is 19.4 Å². The smallest absolute Gasteiger partial charge is 0.307 e. The molecule has 1 aromatic rings. The van der Waals surface area contributed by atoms with Gasteiger partial charge in [0.25, 0.3) is 0 Å². The Balaban J connectivity index is 1.94. The number of carboxylic acids is 1. The van der Waals surface area contributed by atoms with Crippen LogP contribution in [-0.4, -0.2) is 17.0 Å². The lowest BCUT2D eigenvalue weighted by atomic mass is 9.73. The van der Waals surface area contributed by atoms with Crippen LogP contribution in [0.4, 0.5) is 0 Å². The summed E-state index contributed by atoms with van der Waals surface area (Å²) in [6.45, 7) is 2.41. The lowest BCUT2D eigenvalue weighted by molar-refractivity contribution is -0.152. The van der Waals surface area contributed by atoms with Crippen LogP contribution in [-0.2, 0) is 16.1 Å². The minimum atomic E-state index is -0.872. The SMILES string of the molecule is Cc1cccc(CNC(=O)C2CCC2C(=O)O)c1Br. The summed E-state index contributed by atoms with van der Waals surface area (Å²) in [6, 6.07) is 5.86. The molecule has 1 saturated carbocycles. The Labute approximate surface area is 120 Å². The monoisotopic (exact) mass is 325 g/mol. The van der Waals surface area contributed by atoms with E-state index in [1.54, 1.807) is 0 Å². The van der Waals surface area contributed by atoms with Crippen molar-refractivity contribution in [2.24, 2.45) is 11.8 Å². The molecule has 0 bridgehead atoms. The molecule has 2 N–H and O–H groups in total. The predicted octanol–water partition coefficient (Wildman–Crippen LogP) is 2.48. The molecule has 0 spiro atoms. The Morgan fingerprint density at radius 3 is 2.63 bits per heavy atom. The highest BCUT2D eigenvalue weighted by Gasteiger charge is 2.41. The molecule has 0 aromatic heterocycles. The van der Waals surface area contributed by atoms with Crippen molar-refractivity contribution in [1.82, 2.24) is 5.32 Å². The van der Waals surface area contributed by atoms with Crippen molar-refractivity contribution in [3.63, 3.8) is 0 Å². The molecule has 102 valence electrons. The number of carbonyl (C=O) groups excluding carboxylic acids is 1. The number of carboxylic acid groups (broad SMARTS) is 1. The zero-order valence-corrected chi connectivity index (χ0v) is 12.2. The molecule has 4 nitrogen and oxygen atoms in total. The van der Waals surface area contributed by atoms with Crippen LogP contribution in [0.1, 0.15) is 24.0 Å². The predicted molar refractivity (Wildman–Crippen MR) is 74.6 cm³/mol. The number of benzene rings is 1. The summed E-state index contributed by atoms with van der Waals surface area (Å²) in [5.74, 6) is -1.92. The minimum absolute atomic E-state index is 0.160. The molecule has 0 heterocycles. The summed E-state index contributed by atoms with van der Waals surface area (Å²) in [6.07, 6.45) is 1.26. The van der Waals surface area contributed by atoms with Gasteiger partial charge in [-0.1, -0.05) is 34.1 Å². The zero-order chi connectivity index (χ0) is 14.0. The average molecular weight is 326 g/mol. The van der Waals surface area contributed by atoms with Crippen molar-refractivity contribution < 1.29 is 14.7 Å². The van der Waals surface area contributed by atoms with Crippen LogP contribution in [0.2, 0.25) is 0 Å². The standard InChI is InChI=1S/C14H16BrNO3/c1-8-3-2-4-9(12(8)15)7-16-13(17)10-5-6-11(10)14(18)19/h2-4,10-11H,5-7H2,1H3,(H,16,17)(H,18,19). The summed E-state index contributed by atoms with van der Waals surface area (Å²) in [7, 11) is 0. The first-order chi connectivity index (χ1) is 9.00. The number of aryl methyl sites for hydroxylation is 1. The molecule has 2 rings (SSSR count). The van der Waals surface area contributed by atoms with E-state index >= 15 is 0 Å². The lowest BCUT2D eigenvalue weighted by Gasteiger charge is -2.32. The third-order valence-electron chi connectivity index (χ3n) is 3.65. The van der Waals surface area contributed by atoms with Crippen molar-refractivity contribution in [2.45, 2.75) is 26.3 Å². The summed E-state index contributed by atoms with van der Waals surface area (Å²) < 4.78 is 0.985. The van der Waals surface area contributed by atoms with E-state index in [1.807, 2.05) is 25.1 Å². The van der Waals surface area contributed by atoms with Crippen molar-refractivity contribution >= 4 is 27.8 Å². The highest BCUT2D eigenvalue weighted by molar-refractivity contribution is 9.10. The molecule has 1 amide bonds. The molecular formula is C14H16BrNO3. The van der Waals surface area contributed by atoms with Crippen molar-refractivity contribution in [3.8, 4) is 0 Å². The van der Waals surface area contributed by atoms with Gasteiger partial charge in [-0.15, -0.1) is 0 Å². The number of carbonyl (C=O) groups is 2. The van der Waals surface area contributed by atoms with E-state index in [9.17, 15) is 9.59 Å². The summed E-state index contributed by atoms with van der Waals surface area (Å²) >= 11 is 3.49. The summed E-state index contributed by atoms with van der Waals surface area (Å²) in [5.41, 5.74) is 2.11. The van der Waals surface area contributed by atoms with Gasteiger partial charge in [-0.2, -0.15) is 0 Å². The van der Waals surface area contributed by atoms with E-state index in [0.717, 1.165) is 15.6 Å². The Kier molecular flexibility index (Phi) is 4.24. The largest absolute Gasteiger partial charge is 0.481 e. The molecule has 2 atom stereocenters. The van der Waals surface area contributed by atoms with Crippen LogP contribution in [0, 0.1) is 18.8 Å². The van der Waals surface area contributed by atoms with Crippen LogP contribution in [0.25, 0.3) is 0 Å². The Morgan fingerprint density at radius 2 is 2.05 bits per heavy atom. The maximum absolute atomic E-state index is 11.9. The first kappa shape index (κ1) is 14.1. The quantitative estimate of drug-likeness (QED) is 0.893. The summed E-state index contributed by atoms with van der Waals surface area (Å²) in [5, 5.41) is 11.8. The average Bonchev–Trinajstić information content (AvgIpc) is 2.29. The number of amides is 1. The maximum Gasteiger partial charge on any atom is 0.307 e. The maximum atomic E-state index is 11.9. The fourth-order valence-corrected chi connectivity index (χ4v) is 2.67. The van der Waals surface area contributed by atoms with Crippen molar-refractivity contribution in [3.05, 3.63) is 33.8 Å². The molecule has 0 aliphatic heterocycles. The number of hydrogen-bond acceptors (Lipinski definition) is 2. The van der Waals surface area contributed by atoms with Gasteiger partial charge in [0, 0.05) is 11.0 Å². The molecule has 0 saturated heterocycles. The molecule has 1 aliphatic carbocycles. The molecule has 1 fully saturated rings. The van der Waals surface area contributed by atoms with Gasteiger partial charge in [0.1, 0.15) is 0 Å². The molecule has 5 heteroatoms. The van der Waals surface area contributed by atoms with Crippen LogP contribution in [0.5, 0.6) is 0 Å². The molecule has 19 heavy (non-hydrogen) atoms. The van der Waals surface area contributed by atoms with E-state index in [2.05, 4.69) is 21.2 Å². The van der Waals surface area contributed by atoms with Gasteiger partial charge < -0.3 is 10.4 Å². The third-order valence-corrected chi connectivity index (χ3v) is 4.79. The number of halogens is 1. The van der Waals surface area contributed by atoms with Crippen LogP contribution >= 0.6 is 15.9 Å². The molecule has 2 unspecified atom stereocenters. The highest BCUT2D eigenvalue weighted by atomic mass is 79.9. The van der Waals surface area contributed by atoms with E-state index in [1.165, 1.54) is 0 Å². The first-order valence-electron chi connectivity index (χ1n) is 6.25. The van der Waals surface area contributed by atoms with Gasteiger partial charge >= 0.3 is 5.97 Å². The Morgan fingerprint density at radius 1 is 1.37 bits per heavy atom. The number of hydrogen-bond donors (Lipinski definition) is 2. The lowest BCUT2D eigenvalue weighted by Crippen LogP contribution is -2.43. The van der Waals surface area contributed by atoms with Gasteiger partial charge in [-0.25, -0.2) is 0 Å². The topological polar surface area (TPSA) is 66.4 Å². The Hall–Kier alpha value is -1.36. The number of rotatable bonds is 4. The third kappa shape index (κ3) is 2.97. The van der Waals surface area contributed by atoms with Gasteiger partial charge in [0.05, 0.1) is 11.8 Å². The van der Waals surface area contributed by atoms with Gasteiger partial charge in [-0.05, 0) is 30.9 Å². The first-order valence-corrected chi connectivity index (χ1v) is 7.04. The number of nitrogens with one attached hydrogen (secondary N) is 1. The van der Waals surface area contributed by atoms with Crippen molar-refractivity contribution in [2.75, 3.05) is 0 Å². The van der Waals surface area contributed by atoms with E-state index in [4.69, 9.17) is 5.11 Å². The second-order valence-electron chi connectivity index (χ2n) is 4.89. The molecule has 0 radical (unpaired) electrons. The fourth-order valence-electron chi connectivity index (χ4n) is 2.27. The minimum Gasteiger partial charge on any atom is -0.481 e. The second kappa shape index (κ2) is 5.74. The number of aliphatic carboxylic acids is 1. The fraction of sp³-hybridized carbons (Fsp3) is 0.429. The van der Waals surface area contributed by atoms with Gasteiger partial charge in [0.15, 0.2) is 0 Å². The van der Waals surface area contributed by atoms with E-state index in [-0.39, 0.29) is 11.8 Å². The zero-order valence-electron chi connectivity index (χ0n) is 10.6. The van der Waals surface area contributed by atoms with Gasteiger partial charge in [-0.3, -0.25) is 9.59 Å². The normalized spacial score (nSPS) is 21.6. The van der Waals surface area contributed by atoms with Crippen LogP contribution in [0.15, 0.2) is 22.7 Å².